The van der Waals surface area contributed by atoms with Gasteiger partial charge in [-0.2, -0.15) is 0 Å². The number of anilines is 2. The summed E-state index contributed by atoms with van der Waals surface area (Å²) in [6.07, 6.45) is -1.03. The number of para-hydroxylation sites is 2. The third-order valence-corrected chi connectivity index (χ3v) is 7.00. The monoisotopic (exact) mass is 442 g/mol. The van der Waals surface area contributed by atoms with Gasteiger partial charge in [0.25, 0.3) is 15.9 Å². The Morgan fingerprint density at radius 3 is 2.50 bits per heavy atom. The minimum Gasteiger partial charge on any atom is -0.476 e. The highest BCUT2D eigenvalue weighted by molar-refractivity contribution is 7.92. The maximum Gasteiger partial charge on any atom is 0.267 e. The predicted octanol–water partition coefficient (Wildman–Crippen LogP) is 4.24. The molecular weight excluding hydrogens is 424 g/mol. The van der Waals surface area contributed by atoms with E-state index in [0.717, 1.165) is 5.56 Å². The summed E-state index contributed by atoms with van der Waals surface area (Å²) in [6.45, 7) is 1.71. The second-order valence-corrected chi connectivity index (χ2v) is 9.15. The molecule has 6 nitrogen and oxygen atoms in total. The molecule has 0 radical (unpaired) electrons. The van der Waals surface area contributed by atoms with Crippen LogP contribution >= 0.6 is 11.6 Å². The smallest absolute Gasteiger partial charge is 0.267 e. The third-order valence-electron chi connectivity index (χ3n) is 4.80. The van der Waals surface area contributed by atoms with Crippen molar-refractivity contribution in [2.24, 2.45) is 0 Å². The van der Waals surface area contributed by atoms with E-state index >= 15 is 0 Å². The first-order chi connectivity index (χ1) is 14.4. The number of halogens is 1. The first-order valence-electron chi connectivity index (χ1n) is 9.27. The lowest BCUT2D eigenvalue weighted by Gasteiger charge is -2.34. The van der Waals surface area contributed by atoms with Crippen molar-refractivity contribution in [2.75, 3.05) is 16.2 Å². The molecule has 30 heavy (non-hydrogen) atoms. The summed E-state index contributed by atoms with van der Waals surface area (Å²) in [5.74, 6) is -0.136. The highest BCUT2D eigenvalue weighted by Gasteiger charge is 2.37. The zero-order chi connectivity index (χ0) is 21.3. The van der Waals surface area contributed by atoms with E-state index in [0.29, 0.717) is 22.1 Å². The van der Waals surface area contributed by atoms with Crippen molar-refractivity contribution in [3.05, 3.63) is 83.4 Å². The van der Waals surface area contributed by atoms with Crippen LogP contribution in [0.5, 0.6) is 5.75 Å². The summed E-state index contributed by atoms with van der Waals surface area (Å²) in [7, 11) is -3.87. The highest BCUT2D eigenvalue weighted by Crippen LogP contribution is 2.37. The molecule has 0 saturated heterocycles. The molecule has 1 atom stereocenters. The van der Waals surface area contributed by atoms with Gasteiger partial charge in [0.05, 0.1) is 17.1 Å². The van der Waals surface area contributed by atoms with Gasteiger partial charge in [-0.25, -0.2) is 8.42 Å². The maximum atomic E-state index is 13.3. The van der Waals surface area contributed by atoms with Crippen molar-refractivity contribution in [1.29, 1.82) is 0 Å². The lowest BCUT2D eigenvalue weighted by Crippen LogP contribution is -2.48. The van der Waals surface area contributed by atoms with E-state index < -0.39 is 22.0 Å². The molecule has 1 aliphatic heterocycles. The third kappa shape index (κ3) is 3.86. The number of rotatable bonds is 4. The number of hydrogen-bond donors (Lipinski definition) is 1. The number of benzene rings is 3. The Morgan fingerprint density at radius 1 is 1.07 bits per heavy atom. The van der Waals surface area contributed by atoms with E-state index in [2.05, 4.69) is 5.32 Å². The lowest BCUT2D eigenvalue weighted by atomic mass is 10.2. The first-order valence-corrected chi connectivity index (χ1v) is 11.1. The average Bonchev–Trinajstić information content (AvgIpc) is 2.76. The number of fused-ring (bicyclic) bond motifs is 1. The normalized spacial score (nSPS) is 15.8. The molecule has 3 aromatic carbocycles. The fourth-order valence-electron chi connectivity index (χ4n) is 3.18. The van der Waals surface area contributed by atoms with Crippen LogP contribution in [0.4, 0.5) is 11.4 Å². The predicted molar refractivity (Wildman–Crippen MR) is 117 cm³/mol. The molecule has 0 fully saturated rings. The number of nitrogens with one attached hydrogen (secondary N) is 1. The van der Waals surface area contributed by atoms with E-state index in [1.54, 1.807) is 60.7 Å². The summed E-state index contributed by atoms with van der Waals surface area (Å²) in [5.41, 5.74) is 1.79. The number of nitrogens with zero attached hydrogens (tertiary/aromatic N) is 1. The number of hydrogen-bond acceptors (Lipinski definition) is 4. The van der Waals surface area contributed by atoms with Crippen molar-refractivity contribution in [3.8, 4) is 5.75 Å². The van der Waals surface area contributed by atoms with Crippen LogP contribution in [0, 0.1) is 6.92 Å². The quantitative estimate of drug-likeness (QED) is 0.655. The Morgan fingerprint density at radius 2 is 1.77 bits per heavy atom. The van der Waals surface area contributed by atoms with E-state index in [4.69, 9.17) is 16.3 Å². The van der Waals surface area contributed by atoms with Gasteiger partial charge in [0, 0.05) is 10.7 Å². The zero-order valence-corrected chi connectivity index (χ0v) is 17.7. The Balaban J connectivity index is 1.66. The molecule has 1 aliphatic rings. The molecule has 8 heteroatoms. The van der Waals surface area contributed by atoms with Gasteiger partial charge >= 0.3 is 0 Å². The molecule has 154 valence electrons. The topological polar surface area (TPSA) is 75.7 Å². The Hall–Kier alpha value is -3.03. The summed E-state index contributed by atoms with van der Waals surface area (Å²) in [5, 5.41) is 3.28. The van der Waals surface area contributed by atoms with E-state index in [1.807, 2.05) is 6.92 Å². The SMILES string of the molecule is Cc1ccc(NC(=O)[C@H]2CN(S(=O)(=O)c3ccccc3)c3ccccc3O2)cc1Cl. The minimum absolute atomic E-state index is 0.145. The van der Waals surface area contributed by atoms with Crippen LogP contribution in [-0.2, 0) is 14.8 Å². The second-order valence-electron chi connectivity index (χ2n) is 6.88. The van der Waals surface area contributed by atoms with Crippen LogP contribution in [0.3, 0.4) is 0 Å². The summed E-state index contributed by atoms with van der Waals surface area (Å²) in [6, 6.07) is 20.0. The van der Waals surface area contributed by atoms with Crippen molar-refractivity contribution in [1.82, 2.24) is 0 Å². The molecule has 4 rings (SSSR count). The van der Waals surface area contributed by atoms with Crippen LogP contribution in [0.25, 0.3) is 0 Å². The lowest BCUT2D eigenvalue weighted by molar-refractivity contribution is -0.122. The fourth-order valence-corrected chi connectivity index (χ4v) is 4.86. The molecule has 0 unspecified atom stereocenters. The molecule has 1 amide bonds. The zero-order valence-electron chi connectivity index (χ0n) is 16.1. The molecule has 0 bridgehead atoms. The van der Waals surface area contributed by atoms with Gasteiger partial charge in [0.1, 0.15) is 5.75 Å². The van der Waals surface area contributed by atoms with Crippen LogP contribution in [0.2, 0.25) is 5.02 Å². The highest BCUT2D eigenvalue weighted by atomic mass is 35.5. The first kappa shape index (κ1) is 20.3. The van der Waals surface area contributed by atoms with Crippen LogP contribution in [0.15, 0.2) is 77.7 Å². The molecule has 0 spiro atoms. The van der Waals surface area contributed by atoms with Crippen LogP contribution in [0.1, 0.15) is 5.56 Å². The molecule has 3 aromatic rings. The maximum absolute atomic E-state index is 13.3. The number of carbonyl (C=O) groups is 1. The van der Waals surface area contributed by atoms with Crippen molar-refractivity contribution >= 4 is 38.9 Å². The van der Waals surface area contributed by atoms with Gasteiger partial charge in [0.15, 0.2) is 6.10 Å². The Bertz CT molecular complexity index is 1200. The largest absolute Gasteiger partial charge is 0.476 e. The van der Waals surface area contributed by atoms with Gasteiger partial charge in [0.2, 0.25) is 0 Å². The number of carbonyl (C=O) groups excluding carboxylic acids is 1. The second kappa shape index (κ2) is 8.01. The molecule has 1 heterocycles. The standard InChI is InChI=1S/C22H19ClN2O4S/c1-15-11-12-16(13-18(15)23)24-22(26)21-14-25(19-9-5-6-10-20(19)29-21)30(27,28)17-7-3-2-4-8-17/h2-13,21H,14H2,1H3,(H,24,26)/t21-/m1/s1. The van der Waals surface area contributed by atoms with Gasteiger partial charge in [-0.1, -0.05) is 48.0 Å². The van der Waals surface area contributed by atoms with Gasteiger partial charge in [-0.3, -0.25) is 9.10 Å². The molecule has 0 saturated carbocycles. The van der Waals surface area contributed by atoms with Crippen molar-refractivity contribution in [3.63, 3.8) is 0 Å². The summed E-state index contributed by atoms with van der Waals surface area (Å²) in [4.78, 5) is 13.0. The minimum atomic E-state index is -3.87. The van der Waals surface area contributed by atoms with Crippen LogP contribution < -0.4 is 14.4 Å². The fraction of sp³-hybridized carbons (Fsp3) is 0.136. The molecular formula is C22H19ClN2O4S. The molecule has 0 aliphatic carbocycles. The van der Waals surface area contributed by atoms with Gasteiger partial charge in [-0.15, -0.1) is 0 Å². The van der Waals surface area contributed by atoms with Gasteiger partial charge < -0.3 is 10.1 Å². The van der Waals surface area contributed by atoms with Crippen molar-refractivity contribution in [2.45, 2.75) is 17.9 Å². The van der Waals surface area contributed by atoms with Crippen molar-refractivity contribution < 1.29 is 17.9 Å². The number of aryl methyl sites for hydroxylation is 1. The van der Waals surface area contributed by atoms with Crippen LogP contribution in [-0.4, -0.2) is 27.0 Å². The van der Waals surface area contributed by atoms with Gasteiger partial charge in [-0.05, 0) is 48.9 Å². The number of ether oxygens (including phenoxy) is 1. The number of amides is 1. The Labute approximate surface area is 180 Å². The van der Waals surface area contributed by atoms with E-state index in [9.17, 15) is 13.2 Å². The summed E-state index contributed by atoms with van der Waals surface area (Å²) >= 11 is 6.13. The molecule has 0 aromatic heterocycles. The molecule has 1 N–H and O–H groups in total. The van der Waals surface area contributed by atoms with E-state index in [-0.39, 0.29) is 11.4 Å². The Kier molecular flexibility index (Phi) is 5.40. The number of sulfonamides is 1. The average molecular weight is 443 g/mol. The van der Waals surface area contributed by atoms with E-state index in [1.165, 1.54) is 16.4 Å². The summed E-state index contributed by atoms with van der Waals surface area (Å²) < 4.78 is 33.6.